The van der Waals surface area contributed by atoms with E-state index < -0.39 is 17.8 Å². The average Bonchev–Trinajstić information content (AvgIpc) is 3.12. The number of nitrogens with zero attached hydrogens (tertiary/aromatic N) is 5. The van der Waals surface area contributed by atoms with E-state index in [2.05, 4.69) is 15.1 Å². The molecule has 4 rings (SSSR count). The molecule has 9 heteroatoms. The number of rotatable bonds is 1. The summed E-state index contributed by atoms with van der Waals surface area (Å²) in [5.41, 5.74) is 0.407. The fraction of sp³-hybridized carbons (Fsp3) is 0.333. The van der Waals surface area contributed by atoms with Crippen molar-refractivity contribution in [2.75, 3.05) is 4.90 Å². The summed E-state index contributed by atoms with van der Waals surface area (Å²) in [6.07, 6.45) is -3.50. The Kier molecular flexibility index (Phi) is 3.56. The van der Waals surface area contributed by atoms with Gasteiger partial charge in [0.15, 0.2) is 0 Å². The van der Waals surface area contributed by atoms with Gasteiger partial charge in [-0.3, -0.25) is 4.79 Å². The summed E-state index contributed by atoms with van der Waals surface area (Å²) in [6.45, 7) is 6.00. The quantitative estimate of drug-likeness (QED) is 0.653. The third kappa shape index (κ3) is 2.56. The molecule has 0 bridgehead atoms. The Balaban J connectivity index is 1.77. The van der Waals surface area contributed by atoms with Crippen LogP contribution < -0.4 is 4.90 Å². The highest BCUT2D eigenvalue weighted by Crippen LogP contribution is 2.45. The van der Waals surface area contributed by atoms with Gasteiger partial charge in [-0.15, -0.1) is 5.10 Å². The maximum atomic E-state index is 13.1. The largest absolute Gasteiger partial charge is 0.433 e. The van der Waals surface area contributed by atoms with Crippen LogP contribution in [0.25, 0.3) is 5.78 Å². The second kappa shape index (κ2) is 5.51. The highest BCUT2D eigenvalue weighted by atomic mass is 19.4. The molecular formula is C18H16F3N5O. The first-order valence-electron chi connectivity index (χ1n) is 8.34. The van der Waals surface area contributed by atoms with Crippen molar-refractivity contribution in [1.29, 1.82) is 0 Å². The van der Waals surface area contributed by atoms with E-state index in [9.17, 15) is 18.0 Å². The van der Waals surface area contributed by atoms with Crippen LogP contribution in [-0.2, 0) is 11.6 Å². The molecule has 3 aromatic rings. The molecule has 140 valence electrons. The Morgan fingerprint density at radius 3 is 2.56 bits per heavy atom. The number of fused-ring (bicyclic) bond motifs is 2. The van der Waals surface area contributed by atoms with Crippen molar-refractivity contribution in [3.8, 4) is 0 Å². The molecule has 1 unspecified atom stereocenters. The Labute approximate surface area is 152 Å². The number of hydrogen-bond acceptors (Lipinski definition) is 4. The van der Waals surface area contributed by atoms with Crippen LogP contribution >= 0.6 is 0 Å². The van der Waals surface area contributed by atoms with Crippen LogP contribution in [0.1, 0.15) is 42.6 Å². The monoisotopic (exact) mass is 375 g/mol. The smallest absolute Gasteiger partial charge is 0.302 e. The number of amides is 1. The molecule has 0 fully saturated rings. The van der Waals surface area contributed by atoms with Crippen LogP contribution in [0.5, 0.6) is 0 Å². The summed E-state index contributed by atoms with van der Waals surface area (Å²) in [6, 6.07) is 8.18. The van der Waals surface area contributed by atoms with Gasteiger partial charge in [-0.2, -0.15) is 18.2 Å². The molecular weight excluding hydrogens is 359 g/mol. The Hall–Kier alpha value is -2.97. The molecule has 1 aromatic carbocycles. The minimum Gasteiger partial charge on any atom is -0.302 e. The van der Waals surface area contributed by atoms with Gasteiger partial charge in [0, 0.05) is 23.3 Å². The molecule has 1 aliphatic heterocycles. The van der Waals surface area contributed by atoms with E-state index in [0.717, 1.165) is 28.0 Å². The highest BCUT2D eigenvalue weighted by molar-refractivity contribution is 6.06. The van der Waals surface area contributed by atoms with E-state index in [1.165, 1.54) is 0 Å². The normalized spacial score (nSPS) is 18.7. The molecule has 0 N–H and O–H groups in total. The standard InChI is InChI=1S/C18H16F3N5O/c1-10-17(2,3)11-6-4-5-7-12(11)26(10)15(27)14-23-16-22-13(18(19,20)21)8-9-25(16)24-14/h4-10H,1-3H3. The van der Waals surface area contributed by atoms with Crippen LogP contribution in [0.3, 0.4) is 0 Å². The van der Waals surface area contributed by atoms with E-state index in [4.69, 9.17) is 0 Å². The van der Waals surface area contributed by atoms with E-state index in [-0.39, 0.29) is 23.1 Å². The van der Waals surface area contributed by atoms with E-state index >= 15 is 0 Å². The minimum atomic E-state index is -4.59. The van der Waals surface area contributed by atoms with Gasteiger partial charge in [-0.25, -0.2) is 9.50 Å². The van der Waals surface area contributed by atoms with Crippen molar-refractivity contribution in [3.05, 3.63) is 53.6 Å². The molecule has 1 atom stereocenters. The van der Waals surface area contributed by atoms with Gasteiger partial charge in [-0.05, 0) is 24.6 Å². The highest BCUT2D eigenvalue weighted by Gasteiger charge is 2.45. The second-order valence-corrected chi connectivity index (χ2v) is 7.08. The Morgan fingerprint density at radius 1 is 1.15 bits per heavy atom. The molecule has 1 aliphatic rings. The van der Waals surface area contributed by atoms with E-state index in [1.807, 2.05) is 45.0 Å². The van der Waals surface area contributed by atoms with Crippen LogP contribution in [0.4, 0.5) is 18.9 Å². The van der Waals surface area contributed by atoms with Gasteiger partial charge in [0.05, 0.1) is 0 Å². The van der Waals surface area contributed by atoms with Crippen molar-refractivity contribution >= 4 is 17.4 Å². The van der Waals surface area contributed by atoms with Crippen molar-refractivity contribution in [3.63, 3.8) is 0 Å². The summed E-state index contributed by atoms with van der Waals surface area (Å²) >= 11 is 0. The molecule has 0 aliphatic carbocycles. The van der Waals surface area contributed by atoms with Crippen molar-refractivity contribution in [2.24, 2.45) is 0 Å². The van der Waals surface area contributed by atoms with E-state index in [1.54, 1.807) is 4.90 Å². The maximum absolute atomic E-state index is 13.1. The number of alkyl halides is 3. The fourth-order valence-electron chi connectivity index (χ4n) is 3.40. The van der Waals surface area contributed by atoms with E-state index in [0.29, 0.717) is 0 Å². The first-order chi connectivity index (χ1) is 12.6. The molecule has 1 amide bonds. The second-order valence-electron chi connectivity index (χ2n) is 7.08. The lowest BCUT2D eigenvalue weighted by molar-refractivity contribution is -0.141. The molecule has 0 saturated heterocycles. The van der Waals surface area contributed by atoms with Gasteiger partial charge in [0.1, 0.15) is 5.69 Å². The minimum absolute atomic E-state index is 0.173. The average molecular weight is 375 g/mol. The van der Waals surface area contributed by atoms with Crippen molar-refractivity contribution in [2.45, 2.75) is 38.4 Å². The molecule has 2 aromatic heterocycles. The third-order valence-corrected chi connectivity index (χ3v) is 5.20. The van der Waals surface area contributed by atoms with Gasteiger partial charge >= 0.3 is 6.18 Å². The third-order valence-electron chi connectivity index (χ3n) is 5.20. The number of carbonyl (C=O) groups is 1. The van der Waals surface area contributed by atoms with Crippen LogP contribution in [0.15, 0.2) is 36.5 Å². The molecule has 0 saturated carbocycles. The number of carbonyl (C=O) groups excluding carboxylic acids is 1. The predicted molar refractivity (Wildman–Crippen MR) is 91.5 cm³/mol. The maximum Gasteiger partial charge on any atom is 0.433 e. The van der Waals surface area contributed by atoms with Crippen LogP contribution in [0.2, 0.25) is 0 Å². The Morgan fingerprint density at radius 2 is 1.85 bits per heavy atom. The molecule has 3 heterocycles. The van der Waals surface area contributed by atoms with Gasteiger partial charge < -0.3 is 4.90 Å². The number of aromatic nitrogens is 4. The molecule has 0 spiro atoms. The summed E-state index contributed by atoms with van der Waals surface area (Å²) < 4.78 is 39.6. The lowest BCUT2D eigenvalue weighted by Crippen LogP contribution is -2.43. The van der Waals surface area contributed by atoms with Crippen molar-refractivity contribution < 1.29 is 18.0 Å². The van der Waals surface area contributed by atoms with Gasteiger partial charge in [0.25, 0.3) is 11.7 Å². The zero-order chi connectivity index (χ0) is 19.6. The number of benzene rings is 1. The zero-order valence-electron chi connectivity index (χ0n) is 14.8. The lowest BCUT2D eigenvalue weighted by Gasteiger charge is -2.29. The van der Waals surface area contributed by atoms with Crippen LogP contribution in [-0.4, -0.2) is 31.5 Å². The predicted octanol–water partition coefficient (Wildman–Crippen LogP) is 3.47. The van der Waals surface area contributed by atoms with Gasteiger partial charge in [0.2, 0.25) is 5.82 Å². The first-order valence-corrected chi connectivity index (χ1v) is 8.34. The molecule has 0 radical (unpaired) electrons. The Bertz CT molecular complexity index is 1060. The molecule has 27 heavy (non-hydrogen) atoms. The topological polar surface area (TPSA) is 63.4 Å². The SMILES string of the molecule is CC1N(C(=O)c2nc3nc(C(F)(F)F)ccn3n2)c2ccccc2C1(C)C. The summed E-state index contributed by atoms with van der Waals surface area (Å²) in [5, 5.41) is 4.02. The number of para-hydroxylation sites is 1. The van der Waals surface area contributed by atoms with Gasteiger partial charge in [-0.1, -0.05) is 32.0 Å². The number of anilines is 1. The van der Waals surface area contributed by atoms with Crippen LogP contribution in [0, 0.1) is 0 Å². The fourth-order valence-corrected chi connectivity index (χ4v) is 3.40. The zero-order valence-corrected chi connectivity index (χ0v) is 14.8. The number of hydrogen-bond donors (Lipinski definition) is 0. The summed E-state index contributed by atoms with van der Waals surface area (Å²) in [5.74, 6) is -0.937. The summed E-state index contributed by atoms with van der Waals surface area (Å²) in [7, 11) is 0. The van der Waals surface area contributed by atoms with Crippen molar-refractivity contribution in [1.82, 2.24) is 19.6 Å². The lowest BCUT2D eigenvalue weighted by atomic mass is 9.81. The molecule has 6 nitrogen and oxygen atoms in total. The number of halogens is 3. The summed E-state index contributed by atoms with van der Waals surface area (Å²) in [4.78, 5) is 22.1. The first kappa shape index (κ1) is 17.4.